The Hall–Kier alpha value is -2.84. The summed E-state index contributed by atoms with van der Waals surface area (Å²) in [6.07, 6.45) is 6.44. The Morgan fingerprint density at radius 2 is 2.03 bits per heavy atom. The van der Waals surface area contributed by atoms with E-state index in [1.165, 1.54) is 6.08 Å². The highest BCUT2D eigenvalue weighted by atomic mass is 35.5. The third kappa shape index (κ3) is 3.79. The van der Waals surface area contributed by atoms with E-state index in [0.29, 0.717) is 12.1 Å². The zero-order valence-corrected chi connectivity index (χ0v) is 23.0. The first kappa shape index (κ1) is 24.5. The maximum absolute atomic E-state index is 12.0. The van der Waals surface area contributed by atoms with Crippen LogP contribution in [0.2, 0.25) is 5.02 Å². The molecule has 3 aromatic rings. The number of carbonyl (C=O) groups is 1. The smallest absolute Gasteiger partial charge is 0.245 e. The topological polar surface area (TPSA) is 73.3 Å². The number of fused-ring (bicyclic) bond motifs is 1. The highest BCUT2D eigenvalue weighted by molar-refractivity contribution is 6.36. The van der Waals surface area contributed by atoms with Crippen molar-refractivity contribution in [1.29, 1.82) is 0 Å². The number of piperazine rings is 1. The second-order valence-electron chi connectivity index (χ2n) is 11.4. The number of aryl methyl sites for hydroxylation is 1. The number of hydrogen-bond acceptors (Lipinski definition) is 5. The van der Waals surface area contributed by atoms with Crippen LogP contribution in [-0.4, -0.2) is 81.5 Å². The van der Waals surface area contributed by atoms with Crippen molar-refractivity contribution in [3.63, 3.8) is 0 Å². The molecule has 4 heterocycles. The van der Waals surface area contributed by atoms with Crippen molar-refractivity contribution in [2.75, 3.05) is 44.7 Å². The number of benzene rings is 1. The third-order valence-electron chi connectivity index (χ3n) is 8.90. The number of likely N-dealkylation sites (tertiary alicyclic amines) is 1. The molecule has 1 aliphatic carbocycles. The summed E-state index contributed by atoms with van der Waals surface area (Å²) in [5, 5.41) is 14.6. The van der Waals surface area contributed by atoms with Gasteiger partial charge in [0.15, 0.2) is 5.82 Å². The number of likely N-dealkylation sites (N-methyl/N-ethyl adjacent to an activating group) is 1. The first-order chi connectivity index (χ1) is 17.7. The van der Waals surface area contributed by atoms with Crippen LogP contribution < -0.4 is 4.90 Å². The maximum atomic E-state index is 12.0. The SMILES string of the molecule is C=CC(=O)N1CC2(CC(n3nc(N4CCN(C)CC4CC)c(-c4c(Cl)c(C)cc5[nH]ncc45)c3C)C2)C1. The Kier molecular flexibility index (Phi) is 5.88. The van der Waals surface area contributed by atoms with Gasteiger partial charge in [0.25, 0.3) is 0 Å². The number of amides is 1. The first-order valence-electron chi connectivity index (χ1n) is 13.3. The molecule has 3 aliphatic rings. The average Bonchev–Trinajstić information content (AvgIpc) is 3.42. The Labute approximate surface area is 223 Å². The Bertz CT molecular complexity index is 1380. The molecule has 2 aliphatic heterocycles. The molecule has 2 saturated heterocycles. The maximum Gasteiger partial charge on any atom is 0.245 e. The summed E-state index contributed by atoms with van der Waals surface area (Å²) in [5.74, 6) is 1.07. The molecule has 1 spiro atoms. The van der Waals surface area contributed by atoms with Crippen LogP contribution in [0.4, 0.5) is 5.82 Å². The van der Waals surface area contributed by atoms with Crippen molar-refractivity contribution in [1.82, 2.24) is 29.8 Å². The molecular formula is C28H36ClN7O. The fraction of sp³-hybridized carbons (Fsp3) is 0.536. The normalized spacial score (nSPS) is 21.9. The molecule has 1 amide bonds. The molecule has 8 nitrogen and oxygen atoms in total. The number of H-pyrrole nitrogens is 1. The summed E-state index contributed by atoms with van der Waals surface area (Å²) in [6.45, 7) is 14.7. The molecular weight excluding hydrogens is 486 g/mol. The van der Waals surface area contributed by atoms with Crippen molar-refractivity contribution in [3.05, 3.63) is 41.2 Å². The zero-order chi connectivity index (χ0) is 26.1. The lowest BCUT2D eigenvalue weighted by atomic mass is 9.60. The van der Waals surface area contributed by atoms with E-state index in [1.807, 2.05) is 11.1 Å². The van der Waals surface area contributed by atoms with Gasteiger partial charge in [-0.25, -0.2) is 0 Å². The number of anilines is 1. The lowest BCUT2D eigenvalue weighted by Crippen LogP contribution is -2.63. The van der Waals surface area contributed by atoms with E-state index in [1.54, 1.807) is 0 Å². The molecule has 6 rings (SSSR count). The van der Waals surface area contributed by atoms with Crippen LogP contribution in [0.25, 0.3) is 22.0 Å². The minimum Gasteiger partial charge on any atom is -0.349 e. The predicted octanol–water partition coefficient (Wildman–Crippen LogP) is 4.58. The molecule has 0 bridgehead atoms. The number of nitrogens with one attached hydrogen (secondary N) is 1. The number of carbonyl (C=O) groups excluding carboxylic acids is 1. The molecule has 1 atom stereocenters. The van der Waals surface area contributed by atoms with Crippen LogP contribution >= 0.6 is 11.6 Å². The molecule has 2 aromatic heterocycles. The van der Waals surface area contributed by atoms with Crippen LogP contribution in [0.15, 0.2) is 24.9 Å². The summed E-state index contributed by atoms with van der Waals surface area (Å²) in [4.78, 5) is 18.8. The quantitative estimate of drug-likeness (QED) is 0.498. The predicted molar refractivity (Wildman–Crippen MR) is 148 cm³/mol. The van der Waals surface area contributed by atoms with Crippen LogP contribution in [-0.2, 0) is 4.79 Å². The molecule has 1 saturated carbocycles. The fourth-order valence-electron chi connectivity index (χ4n) is 6.86. The van der Waals surface area contributed by atoms with Crippen LogP contribution in [0.1, 0.15) is 43.5 Å². The number of rotatable bonds is 5. The van der Waals surface area contributed by atoms with Gasteiger partial charge in [0.1, 0.15) is 0 Å². The molecule has 196 valence electrons. The summed E-state index contributed by atoms with van der Waals surface area (Å²) in [5.41, 5.74) is 5.54. The number of hydrogen-bond donors (Lipinski definition) is 1. The molecule has 1 aromatic carbocycles. The van der Waals surface area contributed by atoms with Gasteiger partial charge in [-0.1, -0.05) is 25.1 Å². The summed E-state index contributed by atoms with van der Waals surface area (Å²) in [6, 6.07) is 2.78. The van der Waals surface area contributed by atoms with Gasteiger partial charge in [-0.05, 0) is 57.9 Å². The van der Waals surface area contributed by atoms with Crippen molar-refractivity contribution in [2.24, 2.45) is 5.41 Å². The summed E-state index contributed by atoms with van der Waals surface area (Å²) >= 11 is 7.06. The van der Waals surface area contributed by atoms with Gasteiger partial charge in [0.05, 0.1) is 22.8 Å². The van der Waals surface area contributed by atoms with Crippen LogP contribution in [0.3, 0.4) is 0 Å². The van der Waals surface area contributed by atoms with E-state index in [9.17, 15) is 4.79 Å². The number of aromatic amines is 1. The van der Waals surface area contributed by atoms with E-state index in [4.69, 9.17) is 16.7 Å². The molecule has 9 heteroatoms. The Morgan fingerprint density at radius 3 is 2.73 bits per heavy atom. The van der Waals surface area contributed by atoms with Crippen LogP contribution in [0.5, 0.6) is 0 Å². The summed E-state index contributed by atoms with van der Waals surface area (Å²) < 4.78 is 2.25. The van der Waals surface area contributed by atoms with Gasteiger partial charge >= 0.3 is 0 Å². The van der Waals surface area contributed by atoms with E-state index in [2.05, 4.69) is 65.1 Å². The highest BCUT2D eigenvalue weighted by Crippen LogP contribution is 2.55. The monoisotopic (exact) mass is 521 g/mol. The van der Waals surface area contributed by atoms with Crippen molar-refractivity contribution in [2.45, 2.75) is 52.1 Å². The van der Waals surface area contributed by atoms with Gasteiger partial charge in [-0.2, -0.15) is 10.2 Å². The molecule has 1 N–H and O–H groups in total. The third-order valence-corrected chi connectivity index (χ3v) is 9.38. The van der Waals surface area contributed by atoms with Gasteiger partial charge in [0, 0.05) is 66.4 Å². The van der Waals surface area contributed by atoms with E-state index in [0.717, 1.165) is 96.1 Å². The minimum atomic E-state index is 0.0350. The van der Waals surface area contributed by atoms with Crippen LogP contribution in [0, 0.1) is 19.3 Å². The van der Waals surface area contributed by atoms with Crippen molar-refractivity contribution < 1.29 is 4.79 Å². The van der Waals surface area contributed by atoms with E-state index in [-0.39, 0.29) is 11.3 Å². The Morgan fingerprint density at radius 1 is 1.27 bits per heavy atom. The van der Waals surface area contributed by atoms with Gasteiger partial charge in [-0.15, -0.1) is 0 Å². The van der Waals surface area contributed by atoms with Gasteiger partial charge in [-0.3, -0.25) is 14.6 Å². The van der Waals surface area contributed by atoms with Crippen molar-refractivity contribution in [3.8, 4) is 11.1 Å². The van der Waals surface area contributed by atoms with E-state index < -0.39 is 0 Å². The van der Waals surface area contributed by atoms with Crippen molar-refractivity contribution >= 4 is 34.2 Å². The molecule has 1 unspecified atom stereocenters. The standard InChI is InChI=1S/C28H36ClN7O/c1-6-19-14-33(5)8-9-35(19)27-24(25-21-13-30-31-22(21)10-17(3)26(25)29)18(4)36(32-27)20-11-28(12-20)15-34(16-28)23(37)7-2/h7,10,13,19-20H,2,6,8-9,11-12,14-16H2,1,3-5H3,(H,30,31). The average molecular weight is 522 g/mol. The second kappa shape index (κ2) is 8.88. The number of nitrogens with zero attached hydrogens (tertiary/aromatic N) is 6. The molecule has 3 fully saturated rings. The molecule has 0 radical (unpaired) electrons. The molecule has 37 heavy (non-hydrogen) atoms. The first-order valence-corrected chi connectivity index (χ1v) is 13.7. The minimum absolute atomic E-state index is 0.0350. The highest BCUT2D eigenvalue weighted by Gasteiger charge is 2.54. The summed E-state index contributed by atoms with van der Waals surface area (Å²) in [7, 11) is 2.20. The van der Waals surface area contributed by atoms with E-state index >= 15 is 0 Å². The second-order valence-corrected chi connectivity index (χ2v) is 11.8. The Balaban J connectivity index is 1.43. The fourth-order valence-corrected chi connectivity index (χ4v) is 7.11. The lowest BCUT2D eigenvalue weighted by Gasteiger charge is -2.58. The number of aromatic nitrogens is 4. The van der Waals surface area contributed by atoms with Gasteiger partial charge < -0.3 is 14.7 Å². The zero-order valence-electron chi connectivity index (χ0n) is 22.2. The number of halogens is 1. The largest absolute Gasteiger partial charge is 0.349 e. The van der Waals surface area contributed by atoms with Gasteiger partial charge in [0.2, 0.25) is 5.91 Å². The lowest BCUT2D eigenvalue weighted by molar-refractivity contribution is -0.149.